The Balaban J connectivity index is 1.60. The fraction of sp³-hybridized carbons (Fsp3) is 0.562. The van der Waals surface area contributed by atoms with Crippen molar-refractivity contribution in [3.63, 3.8) is 0 Å². The Labute approximate surface area is 237 Å². The number of ether oxygens (including phenoxy) is 1. The van der Waals surface area contributed by atoms with Crippen LogP contribution >= 0.6 is 11.8 Å². The van der Waals surface area contributed by atoms with Crippen LogP contribution in [0.5, 0.6) is 0 Å². The number of carboxylic acid groups (broad SMARTS) is 1. The van der Waals surface area contributed by atoms with Gasteiger partial charge in [0, 0.05) is 25.3 Å². The van der Waals surface area contributed by atoms with Crippen LogP contribution < -0.4 is 5.32 Å². The molecular weight excluding hydrogens is 508 g/mol. The molecule has 2 fully saturated rings. The van der Waals surface area contributed by atoms with Gasteiger partial charge in [0.05, 0.1) is 6.10 Å². The number of nitrogens with zero attached hydrogens (tertiary/aromatic N) is 1. The predicted molar refractivity (Wildman–Crippen MR) is 159 cm³/mol. The molecule has 0 spiro atoms. The highest BCUT2D eigenvalue weighted by molar-refractivity contribution is 7.98. The zero-order valence-corrected chi connectivity index (χ0v) is 24.5. The molecule has 2 aliphatic rings. The monoisotopic (exact) mass is 552 g/mol. The highest BCUT2D eigenvalue weighted by Crippen LogP contribution is 2.35. The Morgan fingerprint density at radius 1 is 1.08 bits per heavy atom. The van der Waals surface area contributed by atoms with E-state index in [4.69, 9.17) is 4.74 Å². The molecule has 1 heterocycles. The summed E-state index contributed by atoms with van der Waals surface area (Å²) in [5, 5.41) is 12.5. The average molecular weight is 553 g/mol. The zero-order valence-electron chi connectivity index (χ0n) is 23.7. The van der Waals surface area contributed by atoms with Gasteiger partial charge in [0.1, 0.15) is 6.04 Å². The van der Waals surface area contributed by atoms with Crippen LogP contribution in [0.2, 0.25) is 0 Å². The summed E-state index contributed by atoms with van der Waals surface area (Å²) in [4.78, 5) is 27.8. The number of nitrogens with one attached hydrogen (secondary N) is 1. The molecule has 1 aliphatic carbocycles. The van der Waals surface area contributed by atoms with Crippen molar-refractivity contribution in [3.8, 4) is 11.1 Å². The Morgan fingerprint density at radius 3 is 2.54 bits per heavy atom. The smallest absolute Gasteiger partial charge is 0.326 e. The number of carboxylic acids is 1. The van der Waals surface area contributed by atoms with E-state index in [-0.39, 0.29) is 12.0 Å². The van der Waals surface area contributed by atoms with Crippen molar-refractivity contribution >= 4 is 23.6 Å². The number of methoxy groups -OCH3 is 1. The summed E-state index contributed by atoms with van der Waals surface area (Å²) >= 11 is 1.57. The van der Waals surface area contributed by atoms with Gasteiger partial charge in [-0.3, -0.25) is 9.69 Å². The van der Waals surface area contributed by atoms with Crippen molar-refractivity contribution in [2.45, 2.75) is 83.0 Å². The summed E-state index contributed by atoms with van der Waals surface area (Å²) in [6.07, 6.45) is 11.4. The first-order valence-corrected chi connectivity index (χ1v) is 15.8. The van der Waals surface area contributed by atoms with E-state index in [9.17, 15) is 14.7 Å². The van der Waals surface area contributed by atoms with Crippen LogP contribution in [0.4, 0.5) is 0 Å². The highest BCUT2D eigenvalue weighted by atomic mass is 32.2. The number of likely N-dealkylation sites (tertiary alicyclic amines) is 1. The molecule has 2 aromatic carbocycles. The minimum atomic E-state index is -1.00. The van der Waals surface area contributed by atoms with Gasteiger partial charge in [0.15, 0.2) is 0 Å². The summed E-state index contributed by atoms with van der Waals surface area (Å²) in [6.45, 7) is 3.91. The number of hydrogen-bond acceptors (Lipinski definition) is 5. The van der Waals surface area contributed by atoms with Crippen LogP contribution in [-0.2, 0) is 16.1 Å². The first kappa shape index (κ1) is 29.6. The minimum Gasteiger partial charge on any atom is -0.480 e. The van der Waals surface area contributed by atoms with Gasteiger partial charge >= 0.3 is 5.97 Å². The fourth-order valence-corrected chi connectivity index (χ4v) is 6.97. The first-order valence-electron chi connectivity index (χ1n) is 14.4. The standard InChI is InChI=1S/C32H44N2O4S/c1-22-10-7-8-13-25(22)27-20-23(15-16-26(27)31(35)33-28(32(36)37)17-19-39-3)21-34-18-9-14-29(34)30(38-2)24-11-5-4-6-12-24/h7-8,10,13,15-16,20,24,28-30H,4-6,9,11-12,14,17-19,21H2,1-3H3,(H,33,35)(H,36,37)/t28-,29?,30?/m0/s1. The third-order valence-electron chi connectivity index (χ3n) is 8.54. The van der Waals surface area contributed by atoms with E-state index in [1.54, 1.807) is 11.8 Å². The maximum absolute atomic E-state index is 13.4. The molecule has 0 radical (unpaired) electrons. The summed E-state index contributed by atoms with van der Waals surface area (Å²) in [5.41, 5.74) is 4.60. The Hall–Kier alpha value is -2.35. The molecule has 2 aromatic rings. The summed E-state index contributed by atoms with van der Waals surface area (Å²) in [7, 11) is 1.88. The third kappa shape index (κ3) is 7.44. The Kier molecular flexibility index (Phi) is 10.9. The zero-order chi connectivity index (χ0) is 27.8. The second-order valence-corrected chi connectivity index (χ2v) is 12.1. The number of carbonyl (C=O) groups excluding carboxylic acids is 1. The van der Waals surface area contributed by atoms with E-state index in [0.717, 1.165) is 41.8 Å². The third-order valence-corrected chi connectivity index (χ3v) is 9.19. The van der Waals surface area contributed by atoms with E-state index in [2.05, 4.69) is 16.3 Å². The van der Waals surface area contributed by atoms with Crippen LogP contribution in [0, 0.1) is 12.8 Å². The fourth-order valence-electron chi connectivity index (χ4n) is 6.50. The summed E-state index contributed by atoms with van der Waals surface area (Å²) < 4.78 is 6.14. The van der Waals surface area contributed by atoms with E-state index in [1.165, 1.54) is 38.5 Å². The maximum atomic E-state index is 13.4. The van der Waals surface area contributed by atoms with Crippen molar-refractivity contribution in [2.24, 2.45) is 5.92 Å². The molecule has 7 heteroatoms. The van der Waals surface area contributed by atoms with Crippen molar-refractivity contribution in [3.05, 3.63) is 59.2 Å². The van der Waals surface area contributed by atoms with Crippen molar-refractivity contribution < 1.29 is 19.4 Å². The lowest BCUT2D eigenvalue weighted by Gasteiger charge is -2.37. The van der Waals surface area contributed by atoms with Crippen LogP contribution in [0.25, 0.3) is 11.1 Å². The topological polar surface area (TPSA) is 78.9 Å². The average Bonchev–Trinajstić information content (AvgIpc) is 3.39. The molecule has 2 N–H and O–H groups in total. The minimum absolute atomic E-state index is 0.267. The molecular formula is C32H44N2O4S. The van der Waals surface area contributed by atoms with Gasteiger partial charge in [-0.05, 0) is 97.9 Å². The Morgan fingerprint density at radius 2 is 1.85 bits per heavy atom. The lowest BCUT2D eigenvalue weighted by Crippen LogP contribution is -2.44. The van der Waals surface area contributed by atoms with Crippen molar-refractivity contribution in [1.82, 2.24) is 10.2 Å². The number of amides is 1. The number of aryl methyl sites for hydroxylation is 1. The molecule has 0 aromatic heterocycles. The second kappa shape index (κ2) is 14.3. The molecule has 3 atom stereocenters. The van der Waals surface area contributed by atoms with Gasteiger partial charge in [-0.15, -0.1) is 0 Å². The van der Waals surface area contributed by atoms with E-state index in [1.807, 2.05) is 56.7 Å². The van der Waals surface area contributed by atoms with Crippen molar-refractivity contribution in [2.75, 3.05) is 25.7 Å². The second-order valence-electron chi connectivity index (χ2n) is 11.1. The number of rotatable bonds is 12. The SMILES string of the molecule is COC(C1CCCCC1)C1CCCN1Cc1ccc(C(=O)N[C@@H](CCSC)C(=O)O)c(-c2ccccc2C)c1. The molecule has 1 aliphatic heterocycles. The van der Waals surface area contributed by atoms with Crippen molar-refractivity contribution in [1.29, 1.82) is 0 Å². The van der Waals surface area contributed by atoms with Gasteiger partial charge in [-0.2, -0.15) is 11.8 Å². The van der Waals surface area contributed by atoms with E-state index >= 15 is 0 Å². The number of thioether (sulfide) groups is 1. The van der Waals surface area contributed by atoms with Crippen LogP contribution in [0.3, 0.4) is 0 Å². The van der Waals surface area contributed by atoms with Gasteiger partial charge in [-0.25, -0.2) is 4.79 Å². The molecule has 1 saturated heterocycles. The van der Waals surface area contributed by atoms with Gasteiger partial charge < -0.3 is 15.2 Å². The van der Waals surface area contributed by atoms with Gasteiger partial charge in [-0.1, -0.05) is 49.6 Å². The predicted octanol–water partition coefficient (Wildman–Crippen LogP) is 6.16. The van der Waals surface area contributed by atoms with Gasteiger partial charge in [0.2, 0.25) is 0 Å². The number of carbonyl (C=O) groups is 2. The molecule has 212 valence electrons. The molecule has 0 bridgehead atoms. The highest BCUT2D eigenvalue weighted by Gasteiger charge is 2.37. The lowest BCUT2D eigenvalue weighted by molar-refractivity contribution is -0.139. The van der Waals surface area contributed by atoms with Crippen LogP contribution in [0.1, 0.15) is 72.9 Å². The summed E-state index contributed by atoms with van der Waals surface area (Å²) in [5.74, 6) is -0.0428. The Bertz CT molecular complexity index is 1120. The molecule has 4 rings (SSSR count). The lowest BCUT2D eigenvalue weighted by atomic mass is 9.82. The quantitative estimate of drug-likeness (QED) is 0.328. The molecule has 1 amide bonds. The van der Waals surface area contributed by atoms with E-state index in [0.29, 0.717) is 29.7 Å². The number of hydrogen-bond donors (Lipinski definition) is 2. The molecule has 6 nitrogen and oxygen atoms in total. The van der Waals surface area contributed by atoms with Gasteiger partial charge in [0.25, 0.3) is 5.91 Å². The van der Waals surface area contributed by atoms with E-state index < -0.39 is 12.0 Å². The normalized spacial score (nSPS) is 20.0. The largest absolute Gasteiger partial charge is 0.480 e. The molecule has 1 saturated carbocycles. The molecule has 39 heavy (non-hydrogen) atoms. The first-order chi connectivity index (χ1) is 18.9. The maximum Gasteiger partial charge on any atom is 0.326 e. The number of benzene rings is 2. The number of aliphatic carboxylic acids is 1. The van der Waals surface area contributed by atoms with Crippen LogP contribution in [-0.4, -0.2) is 65.7 Å². The molecule has 2 unspecified atom stereocenters. The summed E-state index contributed by atoms with van der Waals surface area (Å²) in [6, 6.07) is 13.6. The van der Waals surface area contributed by atoms with Crippen LogP contribution in [0.15, 0.2) is 42.5 Å².